The zero-order valence-electron chi connectivity index (χ0n) is 12.9. The predicted molar refractivity (Wildman–Crippen MR) is 89.9 cm³/mol. The molecule has 0 spiro atoms. The van der Waals surface area contributed by atoms with Crippen LogP contribution in [0.15, 0.2) is 55.0 Å². The number of carbonyl (C=O) groups is 1. The van der Waals surface area contributed by atoms with E-state index in [9.17, 15) is 4.79 Å². The Morgan fingerprint density at radius 3 is 2.65 bits per heavy atom. The summed E-state index contributed by atoms with van der Waals surface area (Å²) < 4.78 is 3.54. The molecule has 0 radical (unpaired) electrons. The van der Waals surface area contributed by atoms with Crippen LogP contribution < -0.4 is 5.32 Å². The Morgan fingerprint density at radius 2 is 2.00 bits per heavy atom. The predicted octanol–water partition coefficient (Wildman–Crippen LogP) is 3.36. The Balaban J connectivity index is 1.78. The summed E-state index contributed by atoms with van der Waals surface area (Å²) in [7, 11) is 1.73. The molecular formula is C17H17ClN4O. The number of nitrogens with one attached hydrogen (secondary N) is 1. The van der Waals surface area contributed by atoms with Crippen molar-refractivity contribution in [1.82, 2.24) is 19.7 Å². The fraction of sp³-hybridized carbons (Fsp3) is 0.176. The smallest absolute Gasteiger partial charge is 0.273 e. The molecule has 1 atom stereocenters. The molecule has 0 bridgehead atoms. The van der Waals surface area contributed by atoms with Crippen LogP contribution in [0.25, 0.3) is 5.69 Å². The fourth-order valence-electron chi connectivity index (χ4n) is 2.42. The molecule has 1 aromatic carbocycles. The highest BCUT2D eigenvalue weighted by Gasteiger charge is 2.17. The third kappa shape index (κ3) is 3.29. The van der Waals surface area contributed by atoms with Gasteiger partial charge in [0.15, 0.2) is 5.69 Å². The molecule has 0 aliphatic carbocycles. The minimum Gasteiger partial charge on any atom is -0.344 e. The van der Waals surface area contributed by atoms with Crippen LogP contribution in [0.2, 0.25) is 5.02 Å². The van der Waals surface area contributed by atoms with Crippen molar-refractivity contribution in [2.24, 2.45) is 7.05 Å². The number of carbonyl (C=O) groups excluding carboxylic acids is 1. The number of hydrogen-bond acceptors (Lipinski definition) is 2. The van der Waals surface area contributed by atoms with Gasteiger partial charge >= 0.3 is 0 Å². The Hall–Kier alpha value is -2.53. The van der Waals surface area contributed by atoms with Crippen LogP contribution in [0.4, 0.5) is 0 Å². The SMILES string of the molecule is CC(NC(=O)c1nn(C)cc1Cl)c1cccc(-n2cccc2)c1. The molecule has 1 N–H and O–H groups in total. The highest BCUT2D eigenvalue weighted by Crippen LogP contribution is 2.19. The molecule has 23 heavy (non-hydrogen) atoms. The van der Waals surface area contributed by atoms with E-state index in [0.29, 0.717) is 5.02 Å². The van der Waals surface area contributed by atoms with Gasteiger partial charge in [0.2, 0.25) is 0 Å². The molecule has 5 nitrogen and oxygen atoms in total. The van der Waals surface area contributed by atoms with E-state index < -0.39 is 0 Å². The molecule has 118 valence electrons. The van der Waals surface area contributed by atoms with E-state index in [-0.39, 0.29) is 17.6 Å². The van der Waals surface area contributed by atoms with E-state index in [1.807, 2.05) is 60.3 Å². The minimum absolute atomic E-state index is 0.156. The molecule has 2 heterocycles. The molecular weight excluding hydrogens is 312 g/mol. The first kappa shape index (κ1) is 15.4. The molecule has 6 heteroatoms. The highest BCUT2D eigenvalue weighted by molar-refractivity contribution is 6.33. The molecule has 3 aromatic rings. The van der Waals surface area contributed by atoms with Crippen LogP contribution in [0.5, 0.6) is 0 Å². The zero-order valence-corrected chi connectivity index (χ0v) is 13.7. The summed E-state index contributed by atoms with van der Waals surface area (Å²) in [5, 5.41) is 7.36. The Bertz CT molecular complexity index is 823. The monoisotopic (exact) mass is 328 g/mol. The number of nitrogens with zero attached hydrogens (tertiary/aromatic N) is 3. The molecule has 1 unspecified atom stereocenters. The molecule has 0 fully saturated rings. The van der Waals surface area contributed by atoms with Crippen LogP contribution in [0, 0.1) is 0 Å². The normalized spacial score (nSPS) is 12.1. The van der Waals surface area contributed by atoms with Gasteiger partial charge in [-0.15, -0.1) is 0 Å². The second-order valence-electron chi connectivity index (χ2n) is 5.38. The van der Waals surface area contributed by atoms with Gasteiger partial charge in [-0.1, -0.05) is 23.7 Å². The van der Waals surface area contributed by atoms with Crippen molar-refractivity contribution in [3.8, 4) is 5.69 Å². The van der Waals surface area contributed by atoms with Gasteiger partial charge in [-0.25, -0.2) is 0 Å². The topological polar surface area (TPSA) is 51.9 Å². The number of hydrogen-bond donors (Lipinski definition) is 1. The van der Waals surface area contributed by atoms with Gasteiger partial charge in [0.05, 0.1) is 11.1 Å². The van der Waals surface area contributed by atoms with E-state index in [2.05, 4.69) is 10.4 Å². The van der Waals surface area contributed by atoms with Gasteiger partial charge < -0.3 is 9.88 Å². The summed E-state index contributed by atoms with van der Waals surface area (Å²) in [6.07, 6.45) is 5.57. The van der Waals surface area contributed by atoms with E-state index >= 15 is 0 Å². The summed E-state index contributed by atoms with van der Waals surface area (Å²) in [4.78, 5) is 12.3. The second kappa shape index (κ2) is 6.30. The quantitative estimate of drug-likeness (QED) is 0.798. The van der Waals surface area contributed by atoms with Crippen LogP contribution in [0.1, 0.15) is 29.0 Å². The number of aryl methyl sites for hydroxylation is 1. The van der Waals surface area contributed by atoms with Gasteiger partial charge in [0, 0.05) is 31.3 Å². The van der Waals surface area contributed by atoms with E-state index in [4.69, 9.17) is 11.6 Å². The van der Waals surface area contributed by atoms with Crippen LogP contribution >= 0.6 is 11.6 Å². The molecule has 0 saturated heterocycles. The summed E-state index contributed by atoms with van der Waals surface area (Å²) >= 11 is 6.01. The van der Waals surface area contributed by atoms with Gasteiger partial charge in [-0.3, -0.25) is 9.48 Å². The largest absolute Gasteiger partial charge is 0.344 e. The summed E-state index contributed by atoms with van der Waals surface area (Å²) in [5.41, 5.74) is 2.30. The maximum absolute atomic E-state index is 12.3. The zero-order chi connectivity index (χ0) is 16.4. The van der Waals surface area contributed by atoms with Crippen LogP contribution in [-0.4, -0.2) is 20.3 Å². The molecule has 1 amide bonds. The van der Waals surface area contributed by atoms with Gasteiger partial charge in [0.1, 0.15) is 0 Å². The van der Waals surface area contributed by atoms with Crippen molar-refractivity contribution in [3.05, 3.63) is 71.3 Å². The van der Waals surface area contributed by atoms with Crippen molar-refractivity contribution in [2.45, 2.75) is 13.0 Å². The van der Waals surface area contributed by atoms with Crippen molar-refractivity contribution in [1.29, 1.82) is 0 Å². The van der Waals surface area contributed by atoms with Gasteiger partial charge in [-0.05, 0) is 36.8 Å². The van der Waals surface area contributed by atoms with Crippen molar-refractivity contribution < 1.29 is 4.79 Å². The van der Waals surface area contributed by atoms with E-state index in [0.717, 1.165) is 11.3 Å². The average Bonchev–Trinajstić information content (AvgIpc) is 3.17. The van der Waals surface area contributed by atoms with E-state index in [1.165, 1.54) is 4.68 Å². The van der Waals surface area contributed by atoms with Gasteiger partial charge in [0.25, 0.3) is 5.91 Å². The lowest BCUT2D eigenvalue weighted by molar-refractivity contribution is 0.0934. The Kier molecular flexibility index (Phi) is 4.21. The molecule has 0 saturated carbocycles. The van der Waals surface area contributed by atoms with Crippen molar-refractivity contribution >= 4 is 17.5 Å². The van der Waals surface area contributed by atoms with Gasteiger partial charge in [-0.2, -0.15) is 5.10 Å². The first-order chi connectivity index (χ1) is 11.0. The summed E-state index contributed by atoms with van der Waals surface area (Å²) in [6, 6.07) is 11.8. The lowest BCUT2D eigenvalue weighted by Gasteiger charge is -2.15. The lowest BCUT2D eigenvalue weighted by Crippen LogP contribution is -2.27. The van der Waals surface area contributed by atoms with Crippen LogP contribution in [0.3, 0.4) is 0 Å². The third-order valence-corrected chi connectivity index (χ3v) is 3.90. The summed E-state index contributed by atoms with van der Waals surface area (Å²) in [6.45, 7) is 1.93. The van der Waals surface area contributed by atoms with Crippen LogP contribution in [-0.2, 0) is 7.05 Å². The average molecular weight is 329 g/mol. The minimum atomic E-state index is -0.283. The maximum Gasteiger partial charge on any atom is 0.273 e. The standard InChI is InChI=1S/C17H17ClN4O/c1-12(19-17(23)16-15(18)11-21(2)20-16)13-6-5-7-14(10-13)22-8-3-4-9-22/h3-12H,1-2H3,(H,19,23). The first-order valence-electron chi connectivity index (χ1n) is 7.28. The molecule has 0 aliphatic heterocycles. The highest BCUT2D eigenvalue weighted by atomic mass is 35.5. The maximum atomic E-state index is 12.3. The van der Waals surface area contributed by atoms with Crippen molar-refractivity contribution in [2.75, 3.05) is 0 Å². The second-order valence-corrected chi connectivity index (χ2v) is 5.79. The van der Waals surface area contributed by atoms with Crippen molar-refractivity contribution in [3.63, 3.8) is 0 Å². The van der Waals surface area contributed by atoms with E-state index in [1.54, 1.807) is 13.2 Å². The molecule has 3 rings (SSSR count). The number of aromatic nitrogens is 3. The Morgan fingerprint density at radius 1 is 1.26 bits per heavy atom. The fourth-order valence-corrected chi connectivity index (χ4v) is 2.69. The third-order valence-electron chi connectivity index (χ3n) is 3.62. The summed E-state index contributed by atoms with van der Waals surface area (Å²) in [5.74, 6) is -0.283. The number of rotatable bonds is 4. The number of halogens is 1. The molecule has 0 aliphatic rings. The lowest BCUT2D eigenvalue weighted by atomic mass is 10.1. The number of amides is 1. The molecule has 2 aromatic heterocycles. The number of benzene rings is 1. The Labute approximate surface area is 139 Å². The first-order valence-corrected chi connectivity index (χ1v) is 7.65.